The number of hydrogen-bond donors (Lipinski definition) is 0. The second kappa shape index (κ2) is 9.71. The standard InChI is InChI=1S/C22H27N3O3S/c1-24(2)13-8-14-25(19(26)15-16-9-6-5-7-10-16)22-23-20-17(27-3)11-12-18(28-4)21(20)29-22/h5-7,9-12H,8,13-15H2,1-4H3. The minimum absolute atomic E-state index is 0.0342. The molecule has 0 aliphatic heterocycles. The Morgan fingerprint density at radius 1 is 1.00 bits per heavy atom. The molecule has 0 aliphatic rings. The van der Waals surface area contributed by atoms with Crippen molar-refractivity contribution in [1.29, 1.82) is 0 Å². The molecular formula is C22H27N3O3S. The van der Waals surface area contributed by atoms with Crippen LogP contribution < -0.4 is 14.4 Å². The Morgan fingerprint density at radius 3 is 2.34 bits per heavy atom. The van der Waals surface area contributed by atoms with Crippen molar-refractivity contribution in [1.82, 2.24) is 9.88 Å². The molecule has 3 aromatic rings. The van der Waals surface area contributed by atoms with Gasteiger partial charge in [0.05, 0.1) is 20.6 Å². The first-order chi connectivity index (χ1) is 14.0. The molecule has 1 heterocycles. The molecule has 0 atom stereocenters. The summed E-state index contributed by atoms with van der Waals surface area (Å²) in [6, 6.07) is 13.5. The van der Waals surface area contributed by atoms with E-state index in [4.69, 9.17) is 14.5 Å². The highest BCUT2D eigenvalue weighted by molar-refractivity contribution is 7.22. The van der Waals surface area contributed by atoms with Gasteiger partial charge in [-0.25, -0.2) is 4.98 Å². The normalized spacial score (nSPS) is 11.1. The molecule has 7 heteroatoms. The average Bonchev–Trinajstić information content (AvgIpc) is 3.15. The molecule has 2 aromatic carbocycles. The van der Waals surface area contributed by atoms with Crippen molar-refractivity contribution in [2.24, 2.45) is 0 Å². The maximum absolute atomic E-state index is 13.2. The number of benzene rings is 2. The van der Waals surface area contributed by atoms with E-state index in [0.29, 0.717) is 23.8 Å². The number of amides is 1. The van der Waals surface area contributed by atoms with Crippen LogP contribution in [-0.2, 0) is 11.2 Å². The topological polar surface area (TPSA) is 54.9 Å². The van der Waals surface area contributed by atoms with E-state index in [2.05, 4.69) is 4.90 Å². The second-order valence-corrected chi connectivity index (χ2v) is 7.99. The average molecular weight is 414 g/mol. The van der Waals surface area contributed by atoms with Gasteiger partial charge in [-0.2, -0.15) is 0 Å². The highest BCUT2D eigenvalue weighted by Gasteiger charge is 2.22. The van der Waals surface area contributed by atoms with E-state index in [1.54, 1.807) is 19.1 Å². The van der Waals surface area contributed by atoms with Gasteiger partial charge >= 0.3 is 0 Å². The second-order valence-electron chi connectivity index (χ2n) is 7.01. The smallest absolute Gasteiger partial charge is 0.233 e. The molecule has 1 amide bonds. The number of nitrogens with zero attached hydrogens (tertiary/aromatic N) is 3. The van der Waals surface area contributed by atoms with E-state index in [1.165, 1.54) is 11.3 Å². The lowest BCUT2D eigenvalue weighted by Crippen LogP contribution is -2.34. The Hall–Kier alpha value is -2.64. The summed E-state index contributed by atoms with van der Waals surface area (Å²) in [6.45, 7) is 1.50. The molecule has 1 aromatic heterocycles. The number of fused-ring (bicyclic) bond motifs is 1. The fourth-order valence-electron chi connectivity index (χ4n) is 3.13. The summed E-state index contributed by atoms with van der Waals surface area (Å²) in [5.41, 5.74) is 1.71. The summed E-state index contributed by atoms with van der Waals surface area (Å²) >= 11 is 1.46. The monoisotopic (exact) mass is 413 g/mol. The third-order valence-electron chi connectivity index (χ3n) is 4.62. The summed E-state index contributed by atoms with van der Waals surface area (Å²) < 4.78 is 11.8. The summed E-state index contributed by atoms with van der Waals surface area (Å²) in [4.78, 5) is 21.9. The fourth-order valence-corrected chi connectivity index (χ4v) is 4.25. The fraction of sp³-hybridized carbons (Fsp3) is 0.364. The van der Waals surface area contributed by atoms with Gasteiger partial charge < -0.3 is 14.4 Å². The first kappa shape index (κ1) is 21.1. The largest absolute Gasteiger partial charge is 0.495 e. The molecule has 0 saturated carbocycles. The van der Waals surface area contributed by atoms with Crippen molar-refractivity contribution < 1.29 is 14.3 Å². The Bertz CT molecular complexity index is 916. The molecule has 0 N–H and O–H groups in total. The predicted molar refractivity (Wildman–Crippen MR) is 118 cm³/mol. The predicted octanol–water partition coefficient (Wildman–Crippen LogP) is 3.84. The Kier molecular flexibility index (Phi) is 7.06. The minimum Gasteiger partial charge on any atom is -0.495 e. The molecule has 0 spiro atoms. The number of methoxy groups -OCH3 is 2. The molecule has 29 heavy (non-hydrogen) atoms. The summed E-state index contributed by atoms with van der Waals surface area (Å²) in [6.07, 6.45) is 1.20. The number of anilines is 1. The molecule has 0 bridgehead atoms. The first-order valence-electron chi connectivity index (χ1n) is 9.54. The zero-order valence-corrected chi connectivity index (χ0v) is 18.2. The first-order valence-corrected chi connectivity index (χ1v) is 10.4. The zero-order valence-electron chi connectivity index (χ0n) is 17.3. The van der Waals surface area contributed by atoms with E-state index < -0.39 is 0 Å². The van der Waals surface area contributed by atoms with Crippen LogP contribution in [0.4, 0.5) is 5.13 Å². The minimum atomic E-state index is 0.0342. The lowest BCUT2D eigenvalue weighted by Gasteiger charge is -2.21. The molecular weight excluding hydrogens is 386 g/mol. The Balaban J connectivity index is 1.95. The van der Waals surface area contributed by atoms with Crippen LogP contribution in [0.5, 0.6) is 11.5 Å². The van der Waals surface area contributed by atoms with Crippen LogP contribution in [0.1, 0.15) is 12.0 Å². The van der Waals surface area contributed by atoms with Gasteiger partial charge in [-0.05, 0) is 44.8 Å². The lowest BCUT2D eigenvalue weighted by atomic mass is 10.1. The quantitative estimate of drug-likeness (QED) is 0.533. The van der Waals surface area contributed by atoms with Gasteiger partial charge in [-0.15, -0.1) is 0 Å². The van der Waals surface area contributed by atoms with Crippen molar-refractivity contribution in [3.63, 3.8) is 0 Å². The number of aromatic nitrogens is 1. The van der Waals surface area contributed by atoms with E-state index in [1.807, 2.05) is 56.6 Å². The molecule has 0 saturated heterocycles. The summed E-state index contributed by atoms with van der Waals surface area (Å²) in [7, 11) is 7.32. The van der Waals surface area contributed by atoms with E-state index in [9.17, 15) is 4.79 Å². The van der Waals surface area contributed by atoms with Crippen molar-refractivity contribution >= 4 is 32.6 Å². The van der Waals surface area contributed by atoms with Crippen LogP contribution in [0.3, 0.4) is 0 Å². The van der Waals surface area contributed by atoms with Crippen molar-refractivity contribution in [3.05, 3.63) is 48.0 Å². The van der Waals surface area contributed by atoms with Crippen LogP contribution in [0.15, 0.2) is 42.5 Å². The Morgan fingerprint density at radius 2 is 1.69 bits per heavy atom. The van der Waals surface area contributed by atoms with Crippen molar-refractivity contribution in [2.75, 3.05) is 46.3 Å². The molecule has 0 unspecified atom stereocenters. The zero-order chi connectivity index (χ0) is 20.8. The maximum Gasteiger partial charge on any atom is 0.233 e. The van der Waals surface area contributed by atoms with E-state index in [0.717, 1.165) is 34.5 Å². The van der Waals surface area contributed by atoms with E-state index in [-0.39, 0.29) is 5.91 Å². The van der Waals surface area contributed by atoms with E-state index >= 15 is 0 Å². The SMILES string of the molecule is COc1ccc(OC)c2sc(N(CCCN(C)C)C(=O)Cc3ccccc3)nc12. The van der Waals surface area contributed by atoms with Crippen LogP contribution >= 0.6 is 11.3 Å². The highest BCUT2D eigenvalue weighted by atomic mass is 32.1. The van der Waals surface area contributed by atoms with Crippen LogP contribution in [0.25, 0.3) is 10.2 Å². The number of carbonyl (C=O) groups excluding carboxylic acids is 1. The summed E-state index contributed by atoms with van der Waals surface area (Å²) in [5.74, 6) is 1.44. The number of carbonyl (C=O) groups is 1. The highest BCUT2D eigenvalue weighted by Crippen LogP contribution is 2.40. The third-order valence-corrected chi connectivity index (χ3v) is 5.71. The molecule has 6 nitrogen and oxygen atoms in total. The van der Waals surface area contributed by atoms with Gasteiger partial charge in [0.2, 0.25) is 5.91 Å². The van der Waals surface area contributed by atoms with Crippen LogP contribution in [0.2, 0.25) is 0 Å². The molecule has 3 rings (SSSR count). The van der Waals surface area contributed by atoms with Gasteiger partial charge in [0, 0.05) is 6.54 Å². The van der Waals surface area contributed by atoms with Gasteiger partial charge in [-0.3, -0.25) is 9.69 Å². The van der Waals surface area contributed by atoms with Crippen molar-refractivity contribution in [2.45, 2.75) is 12.8 Å². The number of hydrogen-bond acceptors (Lipinski definition) is 6. The Labute approximate surface area is 175 Å². The maximum atomic E-state index is 13.2. The third kappa shape index (κ3) is 5.05. The molecule has 0 radical (unpaired) electrons. The van der Waals surface area contributed by atoms with Crippen molar-refractivity contribution in [3.8, 4) is 11.5 Å². The van der Waals surface area contributed by atoms with Gasteiger partial charge in [-0.1, -0.05) is 41.7 Å². The lowest BCUT2D eigenvalue weighted by molar-refractivity contribution is -0.118. The number of thiazole rings is 1. The van der Waals surface area contributed by atoms with Crippen LogP contribution in [0, 0.1) is 0 Å². The molecule has 0 fully saturated rings. The van der Waals surface area contributed by atoms with Gasteiger partial charge in [0.25, 0.3) is 0 Å². The number of ether oxygens (including phenoxy) is 2. The molecule has 0 aliphatic carbocycles. The summed E-state index contributed by atoms with van der Waals surface area (Å²) in [5, 5.41) is 0.669. The molecule has 154 valence electrons. The van der Waals surface area contributed by atoms with Crippen LogP contribution in [-0.4, -0.2) is 57.2 Å². The number of rotatable bonds is 9. The van der Waals surface area contributed by atoms with Gasteiger partial charge in [0.1, 0.15) is 21.7 Å². The van der Waals surface area contributed by atoms with Gasteiger partial charge in [0.15, 0.2) is 5.13 Å².